The van der Waals surface area contributed by atoms with Crippen LogP contribution in [0, 0.1) is 5.92 Å². The van der Waals surface area contributed by atoms with Crippen molar-refractivity contribution in [2.45, 2.75) is 33.6 Å². The highest BCUT2D eigenvalue weighted by atomic mass is 16.5. The molecule has 27 heavy (non-hydrogen) atoms. The number of esters is 1. The largest absolute Gasteiger partial charge is 0.497 e. The van der Waals surface area contributed by atoms with Gasteiger partial charge in [0.15, 0.2) is 0 Å². The zero-order valence-corrected chi connectivity index (χ0v) is 17.0. The normalized spacial score (nSPS) is 10.9. The number of carbonyl (C=O) groups is 2. The van der Waals surface area contributed by atoms with Gasteiger partial charge in [-0.05, 0) is 43.5 Å². The Morgan fingerprint density at radius 1 is 1.15 bits per heavy atom. The molecule has 1 aromatic rings. The highest BCUT2D eigenvalue weighted by molar-refractivity contribution is 5.92. The summed E-state index contributed by atoms with van der Waals surface area (Å²) in [5.74, 6) is 1.36. The Morgan fingerprint density at radius 2 is 1.89 bits per heavy atom. The van der Waals surface area contributed by atoms with E-state index in [-0.39, 0.29) is 18.3 Å². The third-order valence-electron chi connectivity index (χ3n) is 4.02. The summed E-state index contributed by atoms with van der Waals surface area (Å²) in [5, 5.41) is 0. The molecule has 0 saturated heterocycles. The van der Waals surface area contributed by atoms with Crippen LogP contribution in [0.15, 0.2) is 24.3 Å². The lowest BCUT2D eigenvalue weighted by molar-refractivity contribution is -0.143. The lowest BCUT2D eigenvalue weighted by atomic mass is 10.1. The molecule has 0 aliphatic rings. The van der Waals surface area contributed by atoms with Crippen LogP contribution in [-0.2, 0) is 14.3 Å². The molecule has 0 N–H and O–H groups in total. The molecule has 1 aromatic carbocycles. The Hall–Kier alpha value is -2.50. The van der Waals surface area contributed by atoms with Crippen LogP contribution in [0.5, 0.6) is 11.5 Å². The molecule has 0 bridgehead atoms. The smallest absolute Gasteiger partial charge is 0.307 e. The Morgan fingerprint density at radius 3 is 2.48 bits per heavy atom. The molecule has 0 heterocycles. The third kappa shape index (κ3) is 8.15. The van der Waals surface area contributed by atoms with Crippen LogP contribution in [-0.4, -0.2) is 50.7 Å². The number of carbonyl (C=O) groups excluding carboxylic acids is 2. The highest BCUT2D eigenvalue weighted by Gasteiger charge is 2.14. The molecule has 0 radical (unpaired) electrons. The van der Waals surface area contributed by atoms with E-state index in [4.69, 9.17) is 14.2 Å². The van der Waals surface area contributed by atoms with Crippen molar-refractivity contribution in [1.29, 1.82) is 0 Å². The quantitative estimate of drug-likeness (QED) is 0.436. The molecule has 0 saturated carbocycles. The third-order valence-corrected chi connectivity index (χ3v) is 4.02. The van der Waals surface area contributed by atoms with Crippen molar-refractivity contribution >= 4 is 18.0 Å². The van der Waals surface area contributed by atoms with E-state index in [2.05, 4.69) is 13.8 Å². The van der Waals surface area contributed by atoms with E-state index in [9.17, 15) is 9.59 Å². The maximum absolute atomic E-state index is 12.7. The molecule has 0 unspecified atom stereocenters. The number of hydrogen-bond acceptors (Lipinski definition) is 5. The summed E-state index contributed by atoms with van der Waals surface area (Å²) in [4.78, 5) is 26.0. The molecule has 0 aliphatic carbocycles. The first-order chi connectivity index (χ1) is 12.9. The second-order valence-electron chi connectivity index (χ2n) is 6.50. The van der Waals surface area contributed by atoms with Crippen LogP contribution in [0.2, 0.25) is 0 Å². The molecule has 0 aromatic heterocycles. The fraction of sp³-hybridized carbons (Fsp3) is 0.524. The van der Waals surface area contributed by atoms with Gasteiger partial charge in [-0.2, -0.15) is 0 Å². The fourth-order valence-electron chi connectivity index (χ4n) is 2.44. The van der Waals surface area contributed by atoms with Gasteiger partial charge in [0.2, 0.25) is 5.91 Å². The van der Waals surface area contributed by atoms with Crippen LogP contribution in [0.4, 0.5) is 0 Å². The first-order valence-corrected chi connectivity index (χ1v) is 9.25. The van der Waals surface area contributed by atoms with E-state index in [1.807, 2.05) is 0 Å². The first kappa shape index (κ1) is 22.5. The van der Waals surface area contributed by atoms with E-state index in [0.29, 0.717) is 37.1 Å². The average molecular weight is 377 g/mol. The Bertz CT molecular complexity index is 639. The van der Waals surface area contributed by atoms with Crippen molar-refractivity contribution < 1.29 is 23.8 Å². The molecule has 1 rings (SSSR count). The summed E-state index contributed by atoms with van der Waals surface area (Å²) in [5.41, 5.74) is 0.749. The second-order valence-corrected chi connectivity index (χ2v) is 6.50. The van der Waals surface area contributed by atoms with Crippen molar-refractivity contribution in [2.24, 2.45) is 5.92 Å². The molecule has 6 nitrogen and oxygen atoms in total. The van der Waals surface area contributed by atoms with Gasteiger partial charge >= 0.3 is 5.97 Å². The van der Waals surface area contributed by atoms with Crippen molar-refractivity contribution in [3.63, 3.8) is 0 Å². The van der Waals surface area contributed by atoms with Gasteiger partial charge in [-0.25, -0.2) is 0 Å². The van der Waals surface area contributed by atoms with Gasteiger partial charge in [0, 0.05) is 24.7 Å². The number of ether oxygens (including phenoxy) is 3. The molecule has 0 atom stereocenters. The number of methoxy groups -OCH3 is 2. The summed E-state index contributed by atoms with van der Waals surface area (Å²) in [7, 11) is 3.17. The predicted octanol–water partition coefficient (Wildman–Crippen LogP) is 3.54. The van der Waals surface area contributed by atoms with Gasteiger partial charge in [0.1, 0.15) is 11.5 Å². The molecule has 1 amide bonds. The minimum Gasteiger partial charge on any atom is -0.497 e. The Balaban J connectivity index is 2.87. The monoisotopic (exact) mass is 377 g/mol. The van der Waals surface area contributed by atoms with Gasteiger partial charge in [-0.3, -0.25) is 9.59 Å². The molecule has 0 spiro atoms. The van der Waals surface area contributed by atoms with Crippen LogP contribution in [0.1, 0.15) is 39.2 Å². The lowest BCUT2D eigenvalue weighted by Crippen LogP contribution is -2.33. The lowest BCUT2D eigenvalue weighted by Gasteiger charge is -2.22. The topological polar surface area (TPSA) is 65.1 Å². The van der Waals surface area contributed by atoms with E-state index >= 15 is 0 Å². The minimum absolute atomic E-state index is 0.148. The number of rotatable bonds is 11. The molecular weight excluding hydrogens is 346 g/mol. The molecule has 0 fully saturated rings. The number of benzene rings is 1. The van der Waals surface area contributed by atoms with E-state index in [1.165, 1.54) is 6.08 Å². The van der Waals surface area contributed by atoms with Gasteiger partial charge in [0.25, 0.3) is 0 Å². The first-order valence-electron chi connectivity index (χ1n) is 9.25. The van der Waals surface area contributed by atoms with Crippen molar-refractivity contribution in [3.05, 3.63) is 29.8 Å². The SMILES string of the molecule is CCOC(=O)CCN(CCC(C)C)C(=O)/C=C/c1cc(OC)ccc1OC. The van der Waals surface area contributed by atoms with E-state index < -0.39 is 0 Å². The molecule has 6 heteroatoms. The Kier molecular flexibility index (Phi) is 10.0. The molecule has 150 valence electrons. The zero-order valence-electron chi connectivity index (χ0n) is 17.0. The predicted molar refractivity (Wildman–Crippen MR) is 106 cm³/mol. The number of hydrogen-bond donors (Lipinski definition) is 0. The summed E-state index contributed by atoms with van der Waals surface area (Å²) in [6.45, 7) is 7.24. The van der Waals surface area contributed by atoms with Crippen molar-refractivity contribution in [1.82, 2.24) is 4.90 Å². The summed E-state index contributed by atoms with van der Waals surface area (Å²) in [6, 6.07) is 5.40. The van der Waals surface area contributed by atoms with Gasteiger partial charge in [-0.15, -0.1) is 0 Å². The maximum atomic E-state index is 12.7. The summed E-state index contributed by atoms with van der Waals surface area (Å²) >= 11 is 0. The van der Waals surface area contributed by atoms with Crippen molar-refractivity contribution in [3.8, 4) is 11.5 Å². The number of amides is 1. The maximum Gasteiger partial charge on any atom is 0.307 e. The number of nitrogens with zero attached hydrogens (tertiary/aromatic N) is 1. The standard InChI is InChI=1S/C21H31NO5/c1-6-27-21(24)12-14-22(13-11-16(2)3)20(23)10-7-17-15-18(25-4)8-9-19(17)26-5/h7-10,15-16H,6,11-14H2,1-5H3/b10-7+. The van der Waals surface area contributed by atoms with Gasteiger partial charge in [0.05, 0.1) is 27.2 Å². The van der Waals surface area contributed by atoms with Crippen LogP contribution >= 0.6 is 0 Å². The van der Waals surface area contributed by atoms with Crippen molar-refractivity contribution in [2.75, 3.05) is 33.9 Å². The molecule has 0 aliphatic heterocycles. The summed E-state index contributed by atoms with van der Waals surface area (Å²) < 4.78 is 15.5. The second kappa shape index (κ2) is 12.0. The average Bonchev–Trinajstić information content (AvgIpc) is 2.65. The summed E-state index contributed by atoms with van der Waals surface area (Å²) in [6.07, 6.45) is 4.26. The van der Waals surface area contributed by atoms with E-state index in [1.54, 1.807) is 50.3 Å². The van der Waals surface area contributed by atoms with Gasteiger partial charge < -0.3 is 19.1 Å². The molecular formula is C21H31NO5. The zero-order chi connectivity index (χ0) is 20.2. The fourth-order valence-corrected chi connectivity index (χ4v) is 2.44. The highest BCUT2D eigenvalue weighted by Crippen LogP contribution is 2.25. The van der Waals surface area contributed by atoms with Crippen LogP contribution < -0.4 is 9.47 Å². The van der Waals surface area contributed by atoms with E-state index in [0.717, 1.165) is 12.0 Å². The van der Waals surface area contributed by atoms with Gasteiger partial charge in [-0.1, -0.05) is 13.8 Å². The van der Waals surface area contributed by atoms with Crippen LogP contribution in [0.25, 0.3) is 6.08 Å². The minimum atomic E-state index is -0.293. The Labute approximate surface area is 162 Å². The van der Waals surface area contributed by atoms with Crippen LogP contribution in [0.3, 0.4) is 0 Å².